The zero-order valence-corrected chi connectivity index (χ0v) is 12.8. The highest BCUT2D eigenvalue weighted by atomic mass is 79.9. The maximum Gasteiger partial charge on any atom is 0.304 e. The molecule has 0 bridgehead atoms. The van der Waals surface area contributed by atoms with E-state index in [1.807, 2.05) is 26.8 Å². The lowest BCUT2D eigenvalue weighted by Gasteiger charge is -2.30. The summed E-state index contributed by atoms with van der Waals surface area (Å²) in [5, 5.41) is 9.06. The van der Waals surface area contributed by atoms with E-state index in [-0.39, 0.29) is 6.42 Å². The van der Waals surface area contributed by atoms with Crippen LogP contribution < -0.4 is 9.47 Å². The lowest BCUT2D eigenvalue weighted by molar-refractivity contribution is -0.138. The topological polar surface area (TPSA) is 55.8 Å². The van der Waals surface area contributed by atoms with Crippen LogP contribution in [0.3, 0.4) is 0 Å². The highest BCUT2D eigenvalue weighted by Crippen LogP contribution is 2.45. The van der Waals surface area contributed by atoms with Gasteiger partial charge in [-0.15, -0.1) is 0 Å². The van der Waals surface area contributed by atoms with Crippen molar-refractivity contribution in [3.05, 3.63) is 21.7 Å². The minimum absolute atomic E-state index is 0.0616. The molecular weight excluding hydrogens is 312 g/mol. The predicted molar refractivity (Wildman–Crippen MR) is 75.1 cm³/mol. The van der Waals surface area contributed by atoms with E-state index in [9.17, 15) is 4.79 Å². The van der Waals surface area contributed by atoms with Crippen molar-refractivity contribution in [2.24, 2.45) is 0 Å². The van der Waals surface area contributed by atoms with Gasteiger partial charge >= 0.3 is 5.97 Å². The number of aliphatic carboxylic acids is 1. The van der Waals surface area contributed by atoms with Crippen LogP contribution in [0.15, 0.2) is 10.5 Å². The summed E-state index contributed by atoms with van der Waals surface area (Å²) in [4.78, 5) is 11.0. The fourth-order valence-electron chi connectivity index (χ4n) is 2.61. The molecule has 0 radical (unpaired) electrons. The molecule has 0 saturated heterocycles. The largest absolute Gasteiger partial charge is 0.486 e. The Balaban J connectivity index is 2.54. The maximum atomic E-state index is 11.0. The van der Waals surface area contributed by atoms with Gasteiger partial charge < -0.3 is 14.6 Å². The number of carboxylic acids is 1. The first kappa shape index (κ1) is 14.2. The van der Waals surface area contributed by atoms with Crippen LogP contribution in [0.5, 0.6) is 11.5 Å². The highest BCUT2D eigenvalue weighted by Gasteiger charge is 2.31. The Morgan fingerprint density at radius 3 is 2.68 bits per heavy atom. The van der Waals surface area contributed by atoms with Gasteiger partial charge in [-0.1, -0.05) is 29.8 Å². The second-order valence-electron chi connectivity index (χ2n) is 5.34. The Kier molecular flexibility index (Phi) is 3.76. The molecule has 2 rings (SSSR count). The Labute approximate surface area is 120 Å². The summed E-state index contributed by atoms with van der Waals surface area (Å²) in [6.07, 6.45) is 0.0616. The van der Waals surface area contributed by atoms with Gasteiger partial charge in [0.1, 0.15) is 13.2 Å². The van der Waals surface area contributed by atoms with Crippen molar-refractivity contribution in [3.63, 3.8) is 0 Å². The number of halogens is 1. The molecule has 0 amide bonds. The highest BCUT2D eigenvalue weighted by molar-refractivity contribution is 9.10. The number of carbonyl (C=O) groups is 1. The molecule has 0 fully saturated rings. The van der Waals surface area contributed by atoms with Crippen molar-refractivity contribution in [2.45, 2.75) is 32.6 Å². The Morgan fingerprint density at radius 1 is 1.42 bits per heavy atom. The molecule has 0 saturated carbocycles. The van der Waals surface area contributed by atoms with Crippen LogP contribution in [0.25, 0.3) is 0 Å². The van der Waals surface area contributed by atoms with E-state index in [1.165, 1.54) is 0 Å². The number of benzene rings is 1. The van der Waals surface area contributed by atoms with Crippen molar-refractivity contribution in [1.29, 1.82) is 0 Å². The van der Waals surface area contributed by atoms with Gasteiger partial charge in [-0.2, -0.15) is 0 Å². The smallest absolute Gasteiger partial charge is 0.304 e. The Morgan fingerprint density at radius 2 is 2.05 bits per heavy atom. The summed E-state index contributed by atoms with van der Waals surface area (Å²) in [5.74, 6) is 0.625. The molecule has 1 aliphatic heterocycles. The summed E-state index contributed by atoms with van der Waals surface area (Å²) in [7, 11) is 0. The number of ether oxygens (including phenoxy) is 2. The third-order valence-corrected chi connectivity index (χ3v) is 3.92. The lowest BCUT2D eigenvalue weighted by atomic mass is 9.79. The molecular formula is C14H17BrO4. The van der Waals surface area contributed by atoms with E-state index < -0.39 is 11.4 Å². The van der Waals surface area contributed by atoms with Gasteiger partial charge in [-0.25, -0.2) is 0 Å². The quantitative estimate of drug-likeness (QED) is 0.925. The molecule has 1 heterocycles. The van der Waals surface area contributed by atoms with E-state index >= 15 is 0 Å². The minimum Gasteiger partial charge on any atom is -0.486 e. The van der Waals surface area contributed by atoms with Crippen LogP contribution in [0.4, 0.5) is 0 Å². The van der Waals surface area contributed by atoms with Crippen molar-refractivity contribution < 1.29 is 19.4 Å². The zero-order valence-electron chi connectivity index (χ0n) is 11.2. The first-order valence-electron chi connectivity index (χ1n) is 6.14. The number of hydrogen-bond acceptors (Lipinski definition) is 3. The van der Waals surface area contributed by atoms with E-state index in [1.54, 1.807) is 0 Å². The first-order valence-corrected chi connectivity index (χ1v) is 6.93. The molecule has 1 aromatic rings. The summed E-state index contributed by atoms with van der Waals surface area (Å²) in [5.41, 5.74) is 1.42. The second kappa shape index (κ2) is 5.04. The average molecular weight is 329 g/mol. The molecule has 5 heteroatoms. The number of carboxylic acid groups (broad SMARTS) is 1. The summed E-state index contributed by atoms with van der Waals surface area (Å²) in [6.45, 7) is 6.84. The number of fused-ring (bicyclic) bond motifs is 1. The maximum absolute atomic E-state index is 11.0. The third kappa shape index (κ3) is 2.71. The van der Waals surface area contributed by atoms with Gasteiger partial charge in [-0.3, -0.25) is 4.79 Å². The fraction of sp³-hybridized carbons (Fsp3) is 0.500. The van der Waals surface area contributed by atoms with Gasteiger partial charge in [0.25, 0.3) is 0 Å². The van der Waals surface area contributed by atoms with Crippen LogP contribution in [-0.2, 0) is 10.2 Å². The van der Waals surface area contributed by atoms with Crippen molar-refractivity contribution in [1.82, 2.24) is 0 Å². The second-order valence-corrected chi connectivity index (χ2v) is 6.19. The summed E-state index contributed by atoms with van der Waals surface area (Å²) >= 11 is 3.52. The molecule has 0 aromatic heterocycles. The molecule has 1 aromatic carbocycles. The molecule has 1 aliphatic rings. The van der Waals surface area contributed by atoms with Crippen molar-refractivity contribution in [3.8, 4) is 11.5 Å². The van der Waals surface area contributed by atoms with E-state index in [0.29, 0.717) is 19.0 Å². The van der Waals surface area contributed by atoms with Crippen LogP contribution >= 0.6 is 15.9 Å². The number of hydrogen-bond donors (Lipinski definition) is 1. The molecule has 4 nitrogen and oxygen atoms in total. The normalized spacial score (nSPS) is 14.3. The predicted octanol–water partition coefficient (Wildman–Crippen LogP) is 3.28. The van der Waals surface area contributed by atoms with Gasteiger partial charge in [0.2, 0.25) is 0 Å². The molecule has 1 N–H and O–H groups in total. The molecule has 19 heavy (non-hydrogen) atoms. The Hall–Kier alpha value is -1.23. The fourth-order valence-corrected chi connectivity index (χ4v) is 3.65. The summed E-state index contributed by atoms with van der Waals surface area (Å²) < 4.78 is 12.1. The van der Waals surface area contributed by atoms with Gasteiger partial charge in [0, 0.05) is 9.89 Å². The molecule has 0 atom stereocenters. The molecule has 0 aliphatic carbocycles. The monoisotopic (exact) mass is 328 g/mol. The first-order chi connectivity index (χ1) is 8.83. The standard InChI is InChI=1S/C14H17BrO4/c1-8-12(14(2,3)7-11(16)17)9(15)6-10-13(8)19-5-4-18-10/h6H,4-5,7H2,1-3H3,(H,16,17). The van der Waals surface area contributed by atoms with Crippen LogP contribution in [-0.4, -0.2) is 24.3 Å². The number of rotatable bonds is 3. The molecule has 0 unspecified atom stereocenters. The van der Waals surface area contributed by atoms with E-state index in [0.717, 1.165) is 21.3 Å². The zero-order chi connectivity index (χ0) is 14.2. The Bertz CT molecular complexity index is 523. The SMILES string of the molecule is Cc1c2c(cc(Br)c1C(C)(C)CC(=O)O)OCCO2. The van der Waals surface area contributed by atoms with E-state index in [2.05, 4.69) is 15.9 Å². The minimum atomic E-state index is -0.814. The van der Waals surface area contributed by atoms with Gasteiger partial charge in [0.05, 0.1) is 6.42 Å². The lowest BCUT2D eigenvalue weighted by Crippen LogP contribution is -2.25. The van der Waals surface area contributed by atoms with Gasteiger partial charge in [0.15, 0.2) is 11.5 Å². The van der Waals surface area contributed by atoms with E-state index in [4.69, 9.17) is 14.6 Å². The van der Waals surface area contributed by atoms with Crippen molar-refractivity contribution in [2.75, 3.05) is 13.2 Å². The van der Waals surface area contributed by atoms with Crippen molar-refractivity contribution >= 4 is 21.9 Å². The molecule has 0 spiro atoms. The van der Waals surface area contributed by atoms with Crippen LogP contribution in [0.2, 0.25) is 0 Å². The van der Waals surface area contributed by atoms with Crippen LogP contribution in [0.1, 0.15) is 31.4 Å². The van der Waals surface area contributed by atoms with Crippen LogP contribution in [0, 0.1) is 6.92 Å². The summed E-state index contributed by atoms with van der Waals surface area (Å²) in [6, 6.07) is 1.86. The third-order valence-electron chi connectivity index (χ3n) is 3.29. The molecule has 104 valence electrons. The van der Waals surface area contributed by atoms with Gasteiger partial charge in [-0.05, 0) is 24.1 Å². The average Bonchev–Trinajstić information content (AvgIpc) is 2.26.